The van der Waals surface area contributed by atoms with E-state index in [9.17, 15) is 9.18 Å². The summed E-state index contributed by atoms with van der Waals surface area (Å²) in [6.45, 7) is 4.10. The first-order valence-electron chi connectivity index (χ1n) is 8.84. The summed E-state index contributed by atoms with van der Waals surface area (Å²) in [5, 5.41) is 0. The van der Waals surface area contributed by atoms with Crippen LogP contribution >= 0.6 is 0 Å². The number of carbonyl (C=O) groups excluding carboxylic acids is 1. The van der Waals surface area contributed by atoms with E-state index in [4.69, 9.17) is 4.74 Å². The molecule has 0 aliphatic heterocycles. The van der Waals surface area contributed by atoms with Crippen molar-refractivity contribution in [3.63, 3.8) is 0 Å². The number of rotatable bonds is 7. The first-order valence-corrected chi connectivity index (χ1v) is 8.84. The standard InChI is InChI=1S/C20H29FO2/c1-4-20(2,18-13-16(21)10-11-19(18)23-3)14-17(22)12-15-8-6-5-7-9-15/h10-11,13,15H,4-9,12,14H2,1-3H3. The van der Waals surface area contributed by atoms with Crippen molar-refractivity contribution in [2.45, 2.75) is 70.6 Å². The van der Waals surface area contributed by atoms with Crippen molar-refractivity contribution in [3.8, 4) is 5.75 Å². The SMILES string of the molecule is CCC(C)(CC(=O)CC1CCCCC1)c1cc(F)ccc1OC. The molecular weight excluding hydrogens is 291 g/mol. The second-order valence-electron chi connectivity index (χ2n) is 7.18. The van der Waals surface area contributed by atoms with Gasteiger partial charge < -0.3 is 4.74 Å². The number of ether oxygens (including phenoxy) is 1. The predicted molar refractivity (Wildman–Crippen MR) is 91.4 cm³/mol. The van der Waals surface area contributed by atoms with Crippen molar-refractivity contribution in [1.29, 1.82) is 0 Å². The van der Waals surface area contributed by atoms with Gasteiger partial charge in [-0.25, -0.2) is 4.39 Å². The van der Waals surface area contributed by atoms with Gasteiger partial charge in [0.2, 0.25) is 0 Å². The zero-order valence-corrected chi connectivity index (χ0v) is 14.7. The minimum absolute atomic E-state index is 0.278. The summed E-state index contributed by atoms with van der Waals surface area (Å²) in [4.78, 5) is 12.6. The zero-order valence-electron chi connectivity index (χ0n) is 14.7. The van der Waals surface area contributed by atoms with Gasteiger partial charge in [0.1, 0.15) is 17.3 Å². The monoisotopic (exact) mass is 320 g/mol. The molecule has 1 aromatic carbocycles. The lowest BCUT2D eigenvalue weighted by atomic mass is 9.74. The van der Waals surface area contributed by atoms with Crippen LogP contribution < -0.4 is 4.74 Å². The van der Waals surface area contributed by atoms with E-state index in [2.05, 4.69) is 6.92 Å². The second kappa shape index (κ2) is 7.94. The Kier molecular flexibility index (Phi) is 6.20. The minimum Gasteiger partial charge on any atom is -0.496 e. The molecule has 0 N–H and O–H groups in total. The van der Waals surface area contributed by atoms with Crippen LogP contribution in [0.2, 0.25) is 0 Å². The lowest BCUT2D eigenvalue weighted by Crippen LogP contribution is -2.27. The minimum atomic E-state index is -0.376. The molecule has 0 spiro atoms. The zero-order chi connectivity index (χ0) is 16.9. The summed E-state index contributed by atoms with van der Waals surface area (Å²) in [7, 11) is 1.59. The highest BCUT2D eigenvalue weighted by molar-refractivity contribution is 5.80. The maximum Gasteiger partial charge on any atom is 0.134 e. The van der Waals surface area contributed by atoms with E-state index < -0.39 is 0 Å². The molecule has 1 aromatic rings. The van der Waals surface area contributed by atoms with Crippen molar-refractivity contribution in [1.82, 2.24) is 0 Å². The molecule has 1 aliphatic carbocycles. The van der Waals surface area contributed by atoms with Crippen LogP contribution in [0, 0.1) is 11.7 Å². The van der Waals surface area contributed by atoms with E-state index in [1.165, 1.54) is 44.2 Å². The van der Waals surface area contributed by atoms with Gasteiger partial charge in [-0.2, -0.15) is 0 Å². The van der Waals surface area contributed by atoms with Crippen molar-refractivity contribution < 1.29 is 13.9 Å². The molecule has 1 saturated carbocycles. The number of methoxy groups -OCH3 is 1. The van der Waals surface area contributed by atoms with E-state index in [0.29, 0.717) is 30.3 Å². The Labute approximate surface area is 139 Å². The molecule has 0 heterocycles. The highest BCUT2D eigenvalue weighted by atomic mass is 19.1. The molecule has 1 fully saturated rings. The largest absolute Gasteiger partial charge is 0.496 e. The van der Waals surface area contributed by atoms with E-state index in [0.717, 1.165) is 12.0 Å². The molecule has 0 saturated heterocycles. The fourth-order valence-electron chi connectivity index (χ4n) is 3.78. The Morgan fingerprint density at radius 3 is 2.61 bits per heavy atom. The van der Waals surface area contributed by atoms with Crippen LogP contribution in [0.15, 0.2) is 18.2 Å². The van der Waals surface area contributed by atoms with Gasteiger partial charge in [-0.05, 0) is 30.5 Å². The fourth-order valence-corrected chi connectivity index (χ4v) is 3.78. The van der Waals surface area contributed by atoms with Crippen molar-refractivity contribution in [3.05, 3.63) is 29.6 Å². The van der Waals surface area contributed by atoms with Crippen LogP contribution in [-0.2, 0) is 10.2 Å². The molecular formula is C20H29FO2. The van der Waals surface area contributed by atoms with Crippen LogP contribution in [0.3, 0.4) is 0 Å². The van der Waals surface area contributed by atoms with E-state index >= 15 is 0 Å². The highest BCUT2D eigenvalue weighted by Gasteiger charge is 2.32. The van der Waals surface area contributed by atoms with Gasteiger partial charge in [0.05, 0.1) is 7.11 Å². The number of benzene rings is 1. The molecule has 1 unspecified atom stereocenters. The highest BCUT2D eigenvalue weighted by Crippen LogP contribution is 2.39. The molecule has 2 nitrogen and oxygen atoms in total. The topological polar surface area (TPSA) is 26.3 Å². The maximum atomic E-state index is 13.7. The van der Waals surface area contributed by atoms with E-state index in [1.54, 1.807) is 13.2 Å². The first-order chi connectivity index (χ1) is 11.0. The van der Waals surface area contributed by atoms with Crippen molar-refractivity contribution >= 4 is 5.78 Å². The maximum absolute atomic E-state index is 13.7. The smallest absolute Gasteiger partial charge is 0.134 e. The van der Waals surface area contributed by atoms with Crippen molar-refractivity contribution in [2.24, 2.45) is 5.92 Å². The third-order valence-electron chi connectivity index (χ3n) is 5.42. The van der Waals surface area contributed by atoms with Crippen LogP contribution in [0.5, 0.6) is 5.75 Å². The lowest BCUT2D eigenvalue weighted by molar-refractivity contribution is -0.121. The number of carbonyl (C=O) groups is 1. The number of hydrogen-bond donors (Lipinski definition) is 0. The normalized spacial score (nSPS) is 18.4. The van der Waals surface area contributed by atoms with Crippen LogP contribution in [0.4, 0.5) is 4.39 Å². The number of Topliss-reactive ketones (excluding diaryl/α,β-unsaturated/α-hetero) is 1. The van der Waals surface area contributed by atoms with Crippen molar-refractivity contribution in [2.75, 3.05) is 7.11 Å². The van der Waals surface area contributed by atoms with Gasteiger partial charge >= 0.3 is 0 Å². The molecule has 23 heavy (non-hydrogen) atoms. The average Bonchev–Trinajstić information content (AvgIpc) is 2.55. The molecule has 0 bridgehead atoms. The molecule has 0 radical (unpaired) electrons. The fraction of sp³-hybridized carbons (Fsp3) is 0.650. The molecule has 128 valence electrons. The number of halogens is 1. The Hall–Kier alpha value is -1.38. The Morgan fingerprint density at radius 2 is 2.00 bits per heavy atom. The van der Waals surface area contributed by atoms with Gasteiger partial charge in [0.15, 0.2) is 0 Å². The summed E-state index contributed by atoms with van der Waals surface area (Å²) in [5.74, 6) is 1.24. The third kappa shape index (κ3) is 4.55. The Bertz CT molecular complexity index is 534. The van der Waals surface area contributed by atoms with Gasteiger partial charge in [-0.15, -0.1) is 0 Å². The molecule has 2 rings (SSSR count). The van der Waals surface area contributed by atoms with Crippen LogP contribution in [-0.4, -0.2) is 12.9 Å². The van der Waals surface area contributed by atoms with Gasteiger partial charge in [-0.3, -0.25) is 4.79 Å². The van der Waals surface area contributed by atoms with Gasteiger partial charge in [-0.1, -0.05) is 46.0 Å². The van der Waals surface area contributed by atoms with Gasteiger partial charge in [0.25, 0.3) is 0 Å². The Balaban J connectivity index is 2.13. The van der Waals surface area contributed by atoms with E-state index in [-0.39, 0.29) is 11.2 Å². The number of hydrogen-bond acceptors (Lipinski definition) is 2. The lowest BCUT2D eigenvalue weighted by Gasteiger charge is -2.31. The quantitative estimate of drug-likeness (QED) is 0.669. The summed E-state index contributed by atoms with van der Waals surface area (Å²) < 4.78 is 19.1. The molecule has 3 heteroatoms. The summed E-state index contributed by atoms with van der Waals surface area (Å²) in [5.41, 5.74) is 0.429. The molecule has 1 aliphatic rings. The summed E-state index contributed by atoms with van der Waals surface area (Å²) >= 11 is 0. The molecule has 0 amide bonds. The van der Waals surface area contributed by atoms with Crippen LogP contribution in [0.25, 0.3) is 0 Å². The van der Waals surface area contributed by atoms with E-state index in [1.807, 2.05) is 6.92 Å². The van der Waals surface area contributed by atoms with Crippen LogP contribution in [0.1, 0.15) is 70.8 Å². The second-order valence-corrected chi connectivity index (χ2v) is 7.18. The average molecular weight is 320 g/mol. The molecule has 1 atom stereocenters. The first kappa shape index (κ1) is 18.0. The Morgan fingerprint density at radius 1 is 1.30 bits per heavy atom. The summed E-state index contributed by atoms with van der Waals surface area (Å²) in [6, 6.07) is 4.59. The number of ketones is 1. The molecule has 0 aromatic heterocycles. The third-order valence-corrected chi connectivity index (χ3v) is 5.42. The van der Waals surface area contributed by atoms with Gasteiger partial charge in [0, 0.05) is 23.8 Å². The predicted octanol–water partition coefficient (Wildman–Crippen LogP) is 5.43. The summed E-state index contributed by atoms with van der Waals surface area (Å²) in [6.07, 6.45) is 8.07.